The zero-order chi connectivity index (χ0) is 9.90. The molecular weight excluding hydrogens is 184 g/mol. The van der Waals surface area contributed by atoms with Crippen LogP contribution in [0.5, 0.6) is 0 Å². The van der Waals surface area contributed by atoms with Gasteiger partial charge in [0.2, 0.25) is 0 Å². The van der Waals surface area contributed by atoms with Crippen LogP contribution in [0.1, 0.15) is 38.3 Å². The Hall–Kier alpha value is -0.450. The Labute approximate surface area is 82.8 Å². The summed E-state index contributed by atoms with van der Waals surface area (Å²) in [5.41, 5.74) is 6.09. The molecule has 3 N–H and O–H groups in total. The van der Waals surface area contributed by atoms with E-state index in [9.17, 15) is 5.11 Å². The van der Waals surface area contributed by atoms with Gasteiger partial charge in [-0.1, -0.05) is 13.8 Å². The van der Waals surface area contributed by atoms with Crippen LogP contribution in [0, 0.1) is 0 Å². The van der Waals surface area contributed by atoms with E-state index < -0.39 is 5.60 Å². The van der Waals surface area contributed by atoms with Gasteiger partial charge in [0.05, 0.1) is 11.6 Å². The van der Waals surface area contributed by atoms with E-state index in [0.717, 1.165) is 5.56 Å². The van der Waals surface area contributed by atoms with Gasteiger partial charge in [-0.25, -0.2) is 4.37 Å². The third-order valence-electron chi connectivity index (χ3n) is 2.61. The number of nitrogens with zero attached hydrogens (tertiary/aromatic N) is 1. The minimum Gasteiger partial charge on any atom is -0.388 e. The highest BCUT2D eigenvalue weighted by molar-refractivity contribution is 7.03. The fourth-order valence-electron chi connectivity index (χ4n) is 1.37. The molecule has 0 bridgehead atoms. The summed E-state index contributed by atoms with van der Waals surface area (Å²) in [6.45, 7) is 3.90. The lowest BCUT2D eigenvalue weighted by Crippen LogP contribution is -2.39. The van der Waals surface area contributed by atoms with Crippen molar-refractivity contribution in [1.82, 2.24) is 4.37 Å². The average molecular weight is 200 g/mol. The minimum atomic E-state index is -0.789. The predicted octanol–water partition coefficient (Wildman–Crippen LogP) is 1.69. The highest BCUT2D eigenvalue weighted by Gasteiger charge is 2.31. The van der Waals surface area contributed by atoms with E-state index in [1.54, 1.807) is 6.20 Å². The lowest BCUT2D eigenvalue weighted by atomic mass is 9.86. The van der Waals surface area contributed by atoms with Gasteiger partial charge < -0.3 is 10.8 Å². The van der Waals surface area contributed by atoms with Crippen LogP contribution >= 0.6 is 11.5 Å². The van der Waals surface area contributed by atoms with Gasteiger partial charge in [-0.2, -0.15) is 0 Å². The Balaban J connectivity index is 2.82. The lowest BCUT2D eigenvalue weighted by molar-refractivity contribution is 0.00574. The molecule has 0 radical (unpaired) electrons. The van der Waals surface area contributed by atoms with Gasteiger partial charge in [-0.15, -0.1) is 0 Å². The molecule has 0 saturated heterocycles. The van der Waals surface area contributed by atoms with Crippen LogP contribution in [-0.4, -0.2) is 15.1 Å². The monoisotopic (exact) mass is 200 g/mol. The van der Waals surface area contributed by atoms with Gasteiger partial charge in [0.25, 0.3) is 0 Å². The maximum absolute atomic E-state index is 10.1. The van der Waals surface area contributed by atoms with Crippen LogP contribution < -0.4 is 5.73 Å². The van der Waals surface area contributed by atoms with E-state index in [2.05, 4.69) is 4.37 Å². The van der Waals surface area contributed by atoms with Crippen molar-refractivity contribution in [2.24, 2.45) is 5.73 Å². The molecule has 74 valence electrons. The second-order valence-corrected chi connectivity index (χ2v) is 3.90. The summed E-state index contributed by atoms with van der Waals surface area (Å²) < 4.78 is 3.98. The second kappa shape index (κ2) is 4.17. The fourth-order valence-corrected chi connectivity index (χ4v) is 1.94. The maximum atomic E-state index is 10.1. The Morgan fingerprint density at radius 2 is 2.23 bits per heavy atom. The van der Waals surface area contributed by atoms with Crippen molar-refractivity contribution < 1.29 is 5.11 Å². The van der Waals surface area contributed by atoms with Crippen LogP contribution in [0.3, 0.4) is 0 Å². The van der Waals surface area contributed by atoms with Gasteiger partial charge in [0.15, 0.2) is 0 Å². The standard InChI is InChI=1S/C9H16N2OS/c1-3-9(12,4-2)8(10)7-5-11-13-6-7/h5-6,8,12H,3-4,10H2,1-2H3. The van der Waals surface area contributed by atoms with Crippen LogP contribution in [0.25, 0.3) is 0 Å². The van der Waals surface area contributed by atoms with E-state index in [4.69, 9.17) is 5.73 Å². The highest BCUT2D eigenvalue weighted by Crippen LogP contribution is 2.29. The number of hydrogen-bond donors (Lipinski definition) is 2. The van der Waals surface area contributed by atoms with Crippen LogP contribution in [-0.2, 0) is 0 Å². The molecule has 1 atom stereocenters. The van der Waals surface area contributed by atoms with Crippen LogP contribution in [0.4, 0.5) is 0 Å². The fraction of sp³-hybridized carbons (Fsp3) is 0.667. The number of nitrogens with two attached hydrogens (primary N) is 1. The molecule has 1 heterocycles. The summed E-state index contributed by atoms with van der Waals surface area (Å²) >= 11 is 1.36. The van der Waals surface area contributed by atoms with Crippen molar-refractivity contribution in [2.45, 2.75) is 38.3 Å². The topological polar surface area (TPSA) is 59.1 Å². The SMILES string of the molecule is CCC(O)(CC)C(N)c1cnsc1. The third-order valence-corrected chi connectivity index (χ3v) is 3.22. The summed E-state index contributed by atoms with van der Waals surface area (Å²) in [6.07, 6.45) is 3.06. The van der Waals surface area contributed by atoms with Crippen molar-refractivity contribution in [1.29, 1.82) is 0 Å². The summed E-state index contributed by atoms with van der Waals surface area (Å²) in [6, 6.07) is -0.318. The Bertz CT molecular complexity index is 244. The van der Waals surface area contributed by atoms with Gasteiger partial charge >= 0.3 is 0 Å². The van der Waals surface area contributed by atoms with Crippen LogP contribution in [0.2, 0.25) is 0 Å². The van der Waals surface area contributed by atoms with Crippen molar-refractivity contribution in [3.05, 3.63) is 17.1 Å². The molecule has 1 rings (SSSR count). The molecule has 0 fully saturated rings. The van der Waals surface area contributed by atoms with E-state index >= 15 is 0 Å². The summed E-state index contributed by atoms with van der Waals surface area (Å²) in [7, 11) is 0. The molecule has 1 aromatic heterocycles. The van der Waals surface area contributed by atoms with Gasteiger partial charge in [-0.05, 0) is 24.4 Å². The second-order valence-electron chi connectivity index (χ2n) is 3.25. The molecule has 1 unspecified atom stereocenters. The highest BCUT2D eigenvalue weighted by atomic mass is 32.1. The first-order chi connectivity index (χ1) is 6.14. The summed E-state index contributed by atoms with van der Waals surface area (Å²) in [4.78, 5) is 0. The van der Waals surface area contributed by atoms with E-state index in [1.807, 2.05) is 19.2 Å². The molecule has 0 amide bonds. The first-order valence-electron chi connectivity index (χ1n) is 4.51. The van der Waals surface area contributed by atoms with E-state index in [0.29, 0.717) is 12.8 Å². The van der Waals surface area contributed by atoms with E-state index in [-0.39, 0.29) is 6.04 Å². The van der Waals surface area contributed by atoms with Crippen molar-refractivity contribution in [3.8, 4) is 0 Å². The van der Waals surface area contributed by atoms with Gasteiger partial charge in [0, 0.05) is 17.1 Å². The van der Waals surface area contributed by atoms with Crippen molar-refractivity contribution in [3.63, 3.8) is 0 Å². The van der Waals surface area contributed by atoms with Gasteiger partial charge in [-0.3, -0.25) is 0 Å². The Morgan fingerprint density at radius 3 is 2.62 bits per heavy atom. The molecule has 13 heavy (non-hydrogen) atoms. The van der Waals surface area contributed by atoms with Gasteiger partial charge in [0.1, 0.15) is 0 Å². The maximum Gasteiger partial charge on any atom is 0.0835 e. The minimum absolute atomic E-state index is 0.318. The molecule has 4 heteroatoms. The molecule has 3 nitrogen and oxygen atoms in total. The number of rotatable bonds is 4. The third kappa shape index (κ3) is 2.07. The number of aromatic nitrogens is 1. The first kappa shape index (κ1) is 10.6. The molecule has 0 aliphatic rings. The predicted molar refractivity (Wildman–Crippen MR) is 54.6 cm³/mol. The van der Waals surface area contributed by atoms with Crippen molar-refractivity contribution in [2.75, 3.05) is 0 Å². The zero-order valence-corrected chi connectivity index (χ0v) is 8.84. The quantitative estimate of drug-likeness (QED) is 0.777. The molecule has 0 saturated carbocycles. The summed E-state index contributed by atoms with van der Waals surface area (Å²) in [5.74, 6) is 0. The largest absolute Gasteiger partial charge is 0.388 e. The molecule has 0 spiro atoms. The molecule has 0 aromatic carbocycles. The lowest BCUT2D eigenvalue weighted by Gasteiger charge is -2.31. The Morgan fingerprint density at radius 1 is 1.62 bits per heavy atom. The number of aliphatic hydroxyl groups is 1. The normalized spacial score (nSPS) is 14.5. The molecule has 0 aliphatic heterocycles. The average Bonchev–Trinajstić information content (AvgIpc) is 2.68. The Kier molecular flexibility index (Phi) is 3.41. The van der Waals surface area contributed by atoms with E-state index in [1.165, 1.54) is 11.5 Å². The summed E-state index contributed by atoms with van der Waals surface area (Å²) in [5, 5.41) is 12.0. The molecule has 0 aliphatic carbocycles. The molecule has 1 aromatic rings. The zero-order valence-electron chi connectivity index (χ0n) is 8.03. The molecular formula is C9H16N2OS. The van der Waals surface area contributed by atoms with Crippen molar-refractivity contribution >= 4 is 11.5 Å². The number of hydrogen-bond acceptors (Lipinski definition) is 4. The smallest absolute Gasteiger partial charge is 0.0835 e. The first-order valence-corrected chi connectivity index (χ1v) is 5.35. The van der Waals surface area contributed by atoms with Crippen LogP contribution in [0.15, 0.2) is 11.6 Å².